The third-order valence-corrected chi connectivity index (χ3v) is 4.85. The molecule has 1 saturated heterocycles. The topological polar surface area (TPSA) is 88.5 Å². The number of methoxy groups -OCH3 is 1. The lowest BCUT2D eigenvalue weighted by Crippen LogP contribution is -2.29. The number of piperidine rings is 1. The molecular weight excluding hydrogens is 320 g/mol. The average molecular weight is 342 g/mol. The molecule has 1 unspecified atom stereocenters. The lowest BCUT2D eigenvalue weighted by molar-refractivity contribution is 0.0627. The molecule has 1 aromatic heterocycles. The van der Waals surface area contributed by atoms with Crippen LogP contribution >= 0.6 is 0 Å². The van der Waals surface area contributed by atoms with Crippen LogP contribution in [0.5, 0.6) is 0 Å². The Kier molecular flexibility index (Phi) is 5.11. The lowest BCUT2D eigenvalue weighted by atomic mass is 9.83. The quantitative estimate of drug-likeness (QED) is 0.812. The molecule has 0 saturated carbocycles. The molecule has 25 heavy (non-hydrogen) atoms. The van der Waals surface area contributed by atoms with E-state index in [9.17, 15) is 14.7 Å². The number of aromatic carboxylic acids is 1. The average Bonchev–Trinajstić information content (AvgIpc) is 2.65. The smallest absolute Gasteiger partial charge is 0.338 e. The Morgan fingerprint density at radius 2 is 1.96 bits per heavy atom. The van der Waals surface area contributed by atoms with Crippen LogP contribution in [0.3, 0.4) is 0 Å². The lowest BCUT2D eigenvalue weighted by Gasteiger charge is -2.26. The van der Waals surface area contributed by atoms with Crippen LogP contribution < -0.4 is 5.32 Å². The van der Waals surface area contributed by atoms with E-state index in [1.54, 1.807) is 6.92 Å². The number of carboxylic acid groups (broad SMARTS) is 1. The number of carbonyl (C=O) groups is 2. The van der Waals surface area contributed by atoms with Gasteiger partial charge in [0.2, 0.25) is 5.78 Å². The molecule has 1 aliphatic rings. The predicted molar refractivity (Wildman–Crippen MR) is 94.3 cm³/mol. The Labute approximate surface area is 146 Å². The molecule has 1 aliphatic heterocycles. The summed E-state index contributed by atoms with van der Waals surface area (Å²) in [6.45, 7) is 3.27. The second-order valence-electron chi connectivity index (χ2n) is 6.34. The second kappa shape index (κ2) is 7.29. The van der Waals surface area contributed by atoms with Gasteiger partial charge in [0.15, 0.2) is 0 Å². The first-order chi connectivity index (χ1) is 12.0. The number of benzene rings is 1. The van der Waals surface area contributed by atoms with Crippen molar-refractivity contribution in [2.24, 2.45) is 0 Å². The number of pyridine rings is 1. The highest BCUT2D eigenvalue weighted by Crippen LogP contribution is 2.35. The van der Waals surface area contributed by atoms with Gasteiger partial charge in [-0.3, -0.25) is 4.79 Å². The first-order valence-electron chi connectivity index (χ1n) is 8.48. The number of carboxylic acids is 1. The summed E-state index contributed by atoms with van der Waals surface area (Å²) in [7, 11) is 1.43. The molecule has 0 bridgehead atoms. The van der Waals surface area contributed by atoms with Crippen LogP contribution in [0, 0.1) is 0 Å². The van der Waals surface area contributed by atoms with Crippen molar-refractivity contribution in [2.45, 2.75) is 31.8 Å². The number of nitrogens with one attached hydrogen (secondary N) is 1. The molecule has 1 atom stereocenters. The van der Waals surface area contributed by atoms with Crippen molar-refractivity contribution in [1.82, 2.24) is 10.3 Å². The highest BCUT2D eigenvalue weighted by atomic mass is 16.5. The first kappa shape index (κ1) is 17.5. The minimum Gasteiger partial charge on any atom is -0.478 e. The molecule has 2 heterocycles. The summed E-state index contributed by atoms with van der Waals surface area (Å²) in [6.07, 6.45) is 0.927. The molecule has 0 aliphatic carbocycles. The summed E-state index contributed by atoms with van der Waals surface area (Å²) in [5.41, 5.74) is 1.40. The Hall–Kier alpha value is -2.31. The fourth-order valence-corrected chi connectivity index (χ4v) is 3.47. The normalized spacial score (nSPS) is 16.7. The minimum atomic E-state index is -1.11. The van der Waals surface area contributed by atoms with E-state index in [1.165, 1.54) is 7.11 Å². The molecule has 2 N–H and O–H groups in total. The molecule has 6 nitrogen and oxygen atoms in total. The summed E-state index contributed by atoms with van der Waals surface area (Å²) in [6, 6.07) is 7.43. The van der Waals surface area contributed by atoms with Gasteiger partial charge in [-0.05, 0) is 50.4 Å². The molecule has 1 aromatic carbocycles. The van der Waals surface area contributed by atoms with Crippen LogP contribution in [0.2, 0.25) is 0 Å². The molecule has 0 spiro atoms. The van der Waals surface area contributed by atoms with E-state index in [1.807, 2.05) is 24.3 Å². The molecule has 0 radical (unpaired) electrons. The second-order valence-corrected chi connectivity index (χ2v) is 6.34. The molecular formula is C19H22N2O4. The predicted octanol–water partition coefficient (Wildman–Crippen LogP) is 2.62. The van der Waals surface area contributed by atoms with Gasteiger partial charge in [0.25, 0.3) is 0 Å². The number of aromatic nitrogens is 1. The van der Waals surface area contributed by atoms with Crippen LogP contribution in [0.15, 0.2) is 24.3 Å². The van der Waals surface area contributed by atoms with E-state index in [0.29, 0.717) is 5.52 Å². The van der Waals surface area contributed by atoms with Crippen molar-refractivity contribution in [3.8, 4) is 0 Å². The van der Waals surface area contributed by atoms with Gasteiger partial charge in [-0.15, -0.1) is 0 Å². The van der Waals surface area contributed by atoms with E-state index >= 15 is 0 Å². The highest BCUT2D eigenvalue weighted by Gasteiger charge is 2.31. The van der Waals surface area contributed by atoms with Crippen molar-refractivity contribution in [1.29, 1.82) is 0 Å². The van der Waals surface area contributed by atoms with Crippen LogP contribution in [0.25, 0.3) is 10.9 Å². The first-order valence-corrected chi connectivity index (χ1v) is 8.48. The van der Waals surface area contributed by atoms with Crippen molar-refractivity contribution >= 4 is 22.7 Å². The number of para-hydroxylation sites is 1. The van der Waals surface area contributed by atoms with Crippen LogP contribution in [0.1, 0.15) is 52.1 Å². The zero-order valence-electron chi connectivity index (χ0n) is 14.4. The molecule has 3 rings (SSSR count). The summed E-state index contributed by atoms with van der Waals surface area (Å²) in [4.78, 5) is 29.2. The van der Waals surface area contributed by atoms with Crippen molar-refractivity contribution in [3.63, 3.8) is 0 Å². The van der Waals surface area contributed by atoms with Gasteiger partial charge in [-0.25, -0.2) is 9.78 Å². The zero-order valence-corrected chi connectivity index (χ0v) is 14.4. The third-order valence-electron chi connectivity index (χ3n) is 4.85. The van der Waals surface area contributed by atoms with Gasteiger partial charge in [-0.2, -0.15) is 0 Å². The number of fused-ring (bicyclic) bond motifs is 1. The summed E-state index contributed by atoms with van der Waals surface area (Å²) < 4.78 is 5.11. The monoisotopic (exact) mass is 342 g/mol. The molecule has 132 valence electrons. The summed E-state index contributed by atoms with van der Waals surface area (Å²) in [5, 5.41) is 14.0. The van der Waals surface area contributed by atoms with E-state index in [-0.39, 0.29) is 17.2 Å². The molecule has 2 aromatic rings. The maximum Gasteiger partial charge on any atom is 0.338 e. The number of rotatable bonds is 5. The molecule has 1 fully saturated rings. The number of ether oxygens (including phenoxy) is 1. The summed E-state index contributed by atoms with van der Waals surface area (Å²) in [5.74, 6) is -1.43. The van der Waals surface area contributed by atoms with Crippen molar-refractivity contribution < 1.29 is 19.4 Å². The van der Waals surface area contributed by atoms with Gasteiger partial charge in [0.05, 0.1) is 11.1 Å². The van der Waals surface area contributed by atoms with Crippen LogP contribution in [0.4, 0.5) is 0 Å². The Morgan fingerprint density at radius 1 is 1.28 bits per heavy atom. The standard InChI is InChI=1S/C19H22N2O4/c1-11(25-2)18(22)17-16(19(23)24)15(12-7-9-20-10-8-12)13-5-3-4-6-14(13)21-17/h3-6,11-12,20H,7-10H2,1-2H3,(H,23,24). The van der Waals surface area contributed by atoms with Gasteiger partial charge < -0.3 is 15.2 Å². The number of nitrogens with zero attached hydrogens (tertiary/aromatic N) is 1. The van der Waals surface area contributed by atoms with E-state index in [4.69, 9.17) is 4.74 Å². The SMILES string of the molecule is COC(C)C(=O)c1nc2ccccc2c(C2CCNCC2)c1C(=O)O. The maximum atomic E-state index is 12.7. The number of Topliss-reactive ketones (excluding diaryl/α,β-unsaturated/α-hetero) is 1. The van der Waals surface area contributed by atoms with Crippen molar-refractivity contribution in [2.75, 3.05) is 20.2 Å². The Bertz CT molecular complexity index is 812. The van der Waals surface area contributed by atoms with Crippen LogP contribution in [-0.2, 0) is 4.74 Å². The van der Waals surface area contributed by atoms with Gasteiger partial charge in [0, 0.05) is 12.5 Å². The van der Waals surface area contributed by atoms with Gasteiger partial charge >= 0.3 is 5.97 Å². The van der Waals surface area contributed by atoms with E-state index < -0.39 is 17.9 Å². The number of hydrogen-bond donors (Lipinski definition) is 2. The fourth-order valence-electron chi connectivity index (χ4n) is 3.47. The third kappa shape index (κ3) is 3.27. The Morgan fingerprint density at radius 3 is 2.60 bits per heavy atom. The highest BCUT2D eigenvalue weighted by molar-refractivity contribution is 6.10. The summed E-state index contributed by atoms with van der Waals surface area (Å²) >= 11 is 0. The number of ketones is 1. The van der Waals surface area contributed by atoms with E-state index in [2.05, 4.69) is 10.3 Å². The molecule has 0 amide bonds. The fraction of sp³-hybridized carbons (Fsp3) is 0.421. The maximum absolute atomic E-state index is 12.7. The zero-order chi connectivity index (χ0) is 18.0. The van der Waals surface area contributed by atoms with Crippen LogP contribution in [-0.4, -0.2) is 48.1 Å². The largest absolute Gasteiger partial charge is 0.478 e. The Balaban J connectivity index is 2.30. The number of hydrogen-bond acceptors (Lipinski definition) is 5. The van der Waals surface area contributed by atoms with E-state index in [0.717, 1.165) is 36.9 Å². The van der Waals surface area contributed by atoms with Gasteiger partial charge in [0.1, 0.15) is 11.8 Å². The van der Waals surface area contributed by atoms with Crippen molar-refractivity contribution in [3.05, 3.63) is 41.1 Å². The number of carbonyl (C=O) groups excluding carboxylic acids is 1. The van der Waals surface area contributed by atoms with Gasteiger partial charge in [-0.1, -0.05) is 18.2 Å². The molecule has 6 heteroatoms. The minimum absolute atomic E-state index is 0.00548.